The summed E-state index contributed by atoms with van der Waals surface area (Å²) in [4.78, 5) is 16.8. The smallest absolute Gasteiger partial charge is 0.253 e. The third-order valence-electron chi connectivity index (χ3n) is 4.61. The summed E-state index contributed by atoms with van der Waals surface area (Å²) in [6.07, 6.45) is 0. The monoisotopic (exact) mass is 389 g/mol. The molecule has 0 aliphatic carbocycles. The Morgan fingerprint density at radius 2 is 1.59 bits per heavy atom. The lowest BCUT2D eigenvalue weighted by molar-refractivity contribution is 0.0785. The highest BCUT2D eigenvalue weighted by Gasteiger charge is 2.13. The standard InChI is InChI=1S/C23H27N5O/c1-24-22-13-12-21(25-26-22)19-6-5-7-20(14-19)23(29)28(4)16-18-10-8-17(9-11-18)15-27(2)3/h5-14H,15-16H2,1-4H3,(H,24,26). The number of rotatable bonds is 7. The van der Waals surface area contributed by atoms with Gasteiger partial charge in [-0.3, -0.25) is 4.79 Å². The van der Waals surface area contributed by atoms with E-state index in [4.69, 9.17) is 0 Å². The number of nitrogens with zero attached hydrogens (tertiary/aromatic N) is 4. The van der Waals surface area contributed by atoms with Crippen LogP contribution in [-0.2, 0) is 13.1 Å². The van der Waals surface area contributed by atoms with Crippen LogP contribution in [0.5, 0.6) is 0 Å². The molecule has 0 atom stereocenters. The molecule has 0 aliphatic rings. The summed E-state index contributed by atoms with van der Waals surface area (Å²) in [6, 6.07) is 19.6. The number of aromatic nitrogens is 2. The molecule has 1 heterocycles. The molecule has 0 saturated heterocycles. The minimum absolute atomic E-state index is 0.0241. The molecule has 0 bridgehead atoms. The number of benzene rings is 2. The molecule has 1 N–H and O–H groups in total. The van der Waals surface area contributed by atoms with Crippen molar-refractivity contribution in [2.24, 2.45) is 0 Å². The molecule has 0 radical (unpaired) electrons. The molecule has 3 aromatic rings. The fraction of sp³-hybridized carbons (Fsp3) is 0.261. The van der Waals surface area contributed by atoms with Crippen LogP contribution in [0.3, 0.4) is 0 Å². The minimum Gasteiger partial charge on any atom is -0.372 e. The van der Waals surface area contributed by atoms with Gasteiger partial charge in [-0.1, -0.05) is 36.4 Å². The number of hydrogen-bond donors (Lipinski definition) is 1. The van der Waals surface area contributed by atoms with Gasteiger partial charge >= 0.3 is 0 Å². The second kappa shape index (κ2) is 9.30. The van der Waals surface area contributed by atoms with Crippen molar-refractivity contribution in [2.75, 3.05) is 33.5 Å². The molecule has 0 aliphatic heterocycles. The molecule has 0 fully saturated rings. The summed E-state index contributed by atoms with van der Waals surface area (Å²) in [6.45, 7) is 1.46. The van der Waals surface area contributed by atoms with E-state index < -0.39 is 0 Å². The highest BCUT2D eigenvalue weighted by molar-refractivity contribution is 5.95. The normalized spacial score (nSPS) is 10.8. The van der Waals surface area contributed by atoms with Gasteiger partial charge in [-0.2, -0.15) is 0 Å². The fourth-order valence-corrected chi connectivity index (χ4v) is 3.11. The summed E-state index contributed by atoms with van der Waals surface area (Å²) in [5, 5.41) is 11.3. The Hall–Kier alpha value is -3.25. The molecule has 0 unspecified atom stereocenters. The molecule has 0 spiro atoms. The third kappa shape index (κ3) is 5.39. The van der Waals surface area contributed by atoms with E-state index in [0.29, 0.717) is 17.9 Å². The molecule has 1 amide bonds. The first-order valence-corrected chi connectivity index (χ1v) is 9.56. The predicted molar refractivity (Wildman–Crippen MR) is 117 cm³/mol. The molecule has 2 aromatic carbocycles. The zero-order chi connectivity index (χ0) is 20.8. The predicted octanol–water partition coefficient (Wildman–Crippen LogP) is 3.52. The van der Waals surface area contributed by atoms with Crippen LogP contribution in [0.25, 0.3) is 11.3 Å². The Morgan fingerprint density at radius 3 is 2.17 bits per heavy atom. The lowest BCUT2D eigenvalue weighted by atomic mass is 10.1. The van der Waals surface area contributed by atoms with Gasteiger partial charge in [-0.25, -0.2) is 0 Å². The molecule has 0 saturated carbocycles. The largest absolute Gasteiger partial charge is 0.372 e. The zero-order valence-corrected chi connectivity index (χ0v) is 17.4. The van der Waals surface area contributed by atoms with E-state index in [9.17, 15) is 4.79 Å². The van der Waals surface area contributed by atoms with E-state index >= 15 is 0 Å². The number of carbonyl (C=O) groups is 1. The van der Waals surface area contributed by atoms with Crippen molar-refractivity contribution in [2.45, 2.75) is 13.1 Å². The summed E-state index contributed by atoms with van der Waals surface area (Å²) in [5.74, 6) is 0.682. The second-order valence-electron chi connectivity index (χ2n) is 7.35. The lowest BCUT2D eigenvalue weighted by Crippen LogP contribution is -2.26. The van der Waals surface area contributed by atoms with E-state index in [1.165, 1.54) is 5.56 Å². The van der Waals surface area contributed by atoms with Crippen molar-refractivity contribution in [3.63, 3.8) is 0 Å². The summed E-state index contributed by atoms with van der Waals surface area (Å²) < 4.78 is 0. The summed E-state index contributed by atoms with van der Waals surface area (Å²) >= 11 is 0. The van der Waals surface area contributed by atoms with Gasteiger partial charge in [-0.15, -0.1) is 10.2 Å². The quantitative estimate of drug-likeness (QED) is 0.670. The Labute approximate surface area is 172 Å². The van der Waals surface area contributed by atoms with Gasteiger partial charge < -0.3 is 15.1 Å². The minimum atomic E-state index is -0.0241. The van der Waals surface area contributed by atoms with Crippen LogP contribution in [0.1, 0.15) is 21.5 Å². The molecule has 150 valence electrons. The van der Waals surface area contributed by atoms with Crippen molar-refractivity contribution in [3.8, 4) is 11.3 Å². The van der Waals surface area contributed by atoms with Crippen LogP contribution in [0, 0.1) is 0 Å². The highest BCUT2D eigenvalue weighted by Crippen LogP contribution is 2.20. The van der Waals surface area contributed by atoms with E-state index in [0.717, 1.165) is 23.4 Å². The second-order valence-corrected chi connectivity index (χ2v) is 7.35. The lowest BCUT2D eigenvalue weighted by Gasteiger charge is -2.18. The first-order chi connectivity index (χ1) is 14.0. The number of anilines is 1. The number of amides is 1. The number of nitrogens with one attached hydrogen (secondary N) is 1. The first-order valence-electron chi connectivity index (χ1n) is 9.56. The average molecular weight is 390 g/mol. The number of hydrogen-bond acceptors (Lipinski definition) is 5. The first kappa shape index (κ1) is 20.5. The van der Waals surface area contributed by atoms with Crippen molar-refractivity contribution in [1.29, 1.82) is 0 Å². The van der Waals surface area contributed by atoms with Crippen molar-refractivity contribution in [1.82, 2.24) is 20.0 Å². The van der Waals surface area contributed by atoms with Crippen LogP contribution < -0.4 is 5.32 Å². The number of carbonyl (C=O) groups excluding carboxylic acids is 1. The Kier molecular flexibility index (Phi) is 6.57. The van der Waals surface area contributed by atoms with Gasteiger partial charge in [0.25, 0.3) is 5.91 Å². The maximum atomic E-state index is 12.9. The molecular weight excluding hydrogens is 362 g/mol. The molecule has 1 aromatic heterocycles. The van der Waals surface area contributed by atoms with Crippen LogP contribution in [0.4, 0.5) is 5.82 Å². The maximum absolute atomic E-state index is 12.9. The van der Waals surface area contributed by atoms with Gasteiger partial charge in [0, 0.05) is 38.3 Å². The molecule has 29 heavy (non-hydrogen) atoms. The summed E-state index contributed by atoms with van der Waals surface area (Å²) in [5.41, 5.74) is 4.60. The zero-order valence-electron chi connectivity index (χ0n) is 17.4. The van der Waals surface area contributed by atoms with Crippen LogP contribution >= 0.6 is 0 Å². The van der Waals surface area contributed by atoms with Gasteiger partial charge in [0.15, 0.2) is 0 Å². The van der Waals surface area contributed by atoms with Crippen molar-refractivity contribution < 1.29 is 4.79 Å². The van der Waals surface area contributed by atoms with E-state index in [2.05, 4.69) is 58.8 Å². The van der Waals surface area contributed by atoms with E-state index in [-0.39, 0.29) is 5.91 Å². The van der Waals surface area contributed by atoms with Crippen molar-refractivity contribution >= 4 is 11.7 Å². The molecular formula is C23H27N5O. The van der Waals surface area contributed by atoms with Crippen LogP contribution in [0.2, 0.25) is 0 Å². The van der Waals surface area contributed by atoms with Crippen LogP contribution in [0.15, 0.2) is 60.7 Å². The molecule has 3 rings (SSSR count). The molecule has 6 heteroatoms. The Balaban J connectivity index is 1.70. The summed E-state index contributed by atoms with van der Waals surface area (Å²) in [7, 11) is 7.73. The Morgan fingerprint density at radius 1 is 0.897 bits per heavy atom. The van der Waals surface area contributed by atoms with Crippen LogP contribution in [-0.4, -0.2) is 54.1 Å². The van der Waals surface area contributed by atoms with E-state index in [1.807, 2.05) is 43.4 Å². The van der Waals surface area contributed by atoms with Gasteiger partial charge in [-0.05, 0) is 49.5 Å². The third-order valence-corrected chi connectivity index (χ3v) is 4.61. The van der Waals surface area contributed by atoms with Crippen molar-refractivity contribution in [3.05, 3.63) is 77.4 Å². The molecule has 6 nitrogen and oxygen atoms in total. The average Bonchev–Trinajstić information content (AvgIpc) is 2.74. The maximum Gasteiger partial charge on any atom is 0.253 e. The van der Waals surface area contributed by atoms with Gasteiger partial charge in [0.05, 0.1) is 5.69 Å². The highest BCUT2D eigenvalue weighted by atomic mass is 16.2. The fourth-order valence-electron chi connectivity index (χ4n) is 3.11. The SMILES string of the molecule is CNc1ccc(-c2cccc(C(=O)N(C)Cc3ccc(CN(C)C)cc3)c2)nn1. The van der Waals surface area contributed by atoms with E-state index in [1.54, 1.807) is 11.9 Å². The van der Waals surface area contributed by atoms with Gasteiger partial charge in [0.1, 0.15) is 5.82 Å². The topological polar surface area (TPSA) is 61.4 Å². The Bertz CT molecular complexity index is 952. The van der Waals surface area contributed by atoms with Gasteiger partial charge in [0.2, 0.25) is 0 Å².